The number of carbonyl (C=O) groups is 2. The zero-order chi connectivity index (χ0) is 15.1. The number of amides is 2. The molecule has 1 aliphatic heterocycles. The maximum Gasteiger partial charge on any atom is 0.404 e. The van der Waals surface area contributed by atoms with Crippen LogP contribution in [0, 0.1) is 0 Å². The van der Waals surface area contributed by atoms with Crippen molar-refractivity contribution in [2.75, 3.05) is 13.1 Å². The molecule has 0 spiro atoms. The number of nitrogens with zero attached hydrogens (tertiary/aromatic N) is 3. The molecule has 0 atom stereocenters. The molecule has 2 amide bonds. The van der Waals surface area contributed by atoms with Gasteiger partial charge in [0.1, 0.15) is 0 Å². The molecule has 2 rings (SSSR count). The average molecular weight is 295 g/mol. The SMILES string of the molecule is O=C(O)NC1CCN(C(=O)CCCCc2cn[nH]n2)CC1. The predicted molar refractivity (Wildman–Crippen MR) is 74.7 cm³/mol. The van der Waals surface area contributed by atoms with Gasteiger partial charge in [-0.05, 0) is 32.1 Å². The maximum atomic E-state index is 12.0. The van der Waals surface area contributed by atoms with E-state index in [1.807, 2.05) is 4.90 Å². The Hall–Kier alpha value is -2.12. The molecule has 8 heteroatoms. The van der Waals surface area contributed by atoms with Crippen molar-refractivity contribution in [1.29, 1.82) is 0 Å². The third-order valence-electron chi connectivity index (χ3n) is 3.71. The van der Waals surface area contributed by atoms with Crippen molar-refractivity contribution in [2.45, 2.75) is 44.6 Å². The van der Waals surface area contributed by atoms with Crippen molar-refractivity contribution in [3.8, 4) is 0 Å². The van der Waals surface area contributed by atoms with Gasteiger partial charge < -0.3 is 15.3 Å². The first-order valence-electron chi connectivity index (χ1n) is 7.27. The Morgan fingerprint density at radius 3 is 2.76 bits per heavy atom. The van der Waals surface area contributed by atoms with Crippen LogP contribution < -0.4 is 5.32 Å². The molecule has 3 N–H and O–H groups in total. The molecule has 1 saturated heterocycles. The number of H-pyrrole nitrogens is 1. The fourth-order valence-electron chi connectivity index (χ4n) is 2.53. The summed E-state index contributed by atoms with van der Waals surface area (Å²) in [5, 5.41) is 21.4. The van der Waals surface area contributed by atoms with Gasteiger partial charge in [-0.15, -0.1) is 0 Å². The van der Waals surface area contributed by atoms with Gasteiger partial charge in [-0.3, -0.25) is 4.79 Å². The van der Waals surface area contributed by atoms with E-state index < -0.39 is 6.09 Å². The van der Waals surface area contributed by atoms with E-state index in [2.05, 4.69) is 20.7 Å². The van der Waals surface area contributed by atoms with Gasteiger partial charge in [-0.1, -0.05) is 0 Å². The van der Waals surface area contributed by atoms with E-state index in [4.69, 9.17) is 5.11 Å². The highest BCUT2D eigenvalue weighted by atomic mass is 16.4. The summed E-state index contributed by atoms with van der Waals surface area (Å²) in [6, 6.07) is -0.0290. The van der Waals surface area contributed by atoms with E-state index in [0.29, 0.717) is 32.4 Å². The molecule has 8 nitrogen and oxygen atoms in total. The van der Waals surface area contributed by atoms with Gasteiger partial charge in [0.25, 0.3) is 0 Å². The summed E-state index contributed by atoms with van der Waals surface area (Å²) in [5.74, 6) is 0.156. The van der Waals surface area contributed by atoms with Gasteiger partial charge >= 0.3 is 6.09 Å². The lowest BCUT2D eigenvalue weighted by atomic mass is 10.0. The van der Waals surface area contributed by atoms with Crippen LogP contribution >= 0.6 is 0 Å². The molecule has 0 bridgehead atoms. The lowest BCUT2D eigenvalue weighted by Crippen LogP contribution is -2.46. The highest BCUT2D eigenvalue weighted by molar-refractivity contribution is 5.76. The van der Waals surface area contributed by atoms with Crippen LogP contribution in [0.1, 0.15) is 37.8 Å². The quantitative estimate of drug-likeness (QED) is 0.671. The van der Waals surface area contributed by atoms with E-state index in [-0.39, 0.29) is 11.9 Å². The first kappa shape index (κ1) is 15.3. The predicted octanol–water partition coefficient (Wildman–Crippen LogP) is 0.776. The van der Waals surface area contributed by atoms with Gasteiger partial charge in [0.2, 0.25) is 5.91 Å². The molecule has 116 valence electrons. The standard InChI is InChI=1S/C13H21N5O3/c19-12(4-2-1-3-11-9-14-17-16-11)18-7-5-10(6-8-18)15-13(20)21/h9-10,15H,1-8H2,(H,20,21)(H,14,16,17). The van der Waals surface area contributed by atoms with E-state index in [1.165, 1.54) is 0 Å². The average Bonchev–Trinajstić information content (AvgIpc) is 2.97. The Kier molecular flexibility index (Phi) is 5.53. The first-order valence-corrected chi connectivity index (χ1v) is 7.27. The van der Waals surface area contributed by atoms with E-state index in [0.717, 1.165) is 25.0 Å². The number of hydrogen-bond donors (Lipinski definition) is 3. The second-order valence-electron chi connectivity index (χ2n) is 5.27. The van der Waals surface area contributed by atoms with Crippen LogP contribution in [0.25, 0.3) is 0 Å². The number of aryl methyl sites for hydroxylation is 1. The Labute approximate surface area is 122 Å². The van der Waals surface area contributed by atoms with E-state index in [1.54, 1.807) is 6.20 Å². The number of piperidine rings is 1. The summed E-state index contributed by atoms with van der Waals surface area (Å²) in [7, 11) is 0. The summed E-state index contributed by atoms with van der Waals surface area (Å²) >= 11 is 0. The minimum atomic E-state index is -0.993. The lowest BCUT2D eigenvalue weighted by molar-refractivity contribution is -0.132. The number of hydrogen-bond acceptors (Lipinski definition) is 4. The van der Waals surface area contributed by atoms with Gasteiger partial charge in [0.15, 0.2) is 0 Å². The second kappa shape index (κ2) is 7.61. The molecule has 0 aromatic carbocycles. The smallest absolute Gasteiger partial charge is 0.404 e. The molecule has 1 aromatic heterocycles. The summed E-state index contributed by atoms with van der Waals surface area (Å²) in [6.45, 7) is 1.26. The fourth-order valence-corrected chi connectivity index (χ4v) is 2.53. The van der Waals surface area contributed by atoms with Gasteiger partial charge in [-0.2, -0.15) is 15.4 Å². The van der Waals surface area contributed by atoms with E-state index in [9.17, 15) is 9.59 Å². The number of carboxylic acid groups (broad SMARTS) is 1. The Morgan fingerprint density at radius 1 is 1.38 bits per heavy atom. The molecule has 0 radical (unpaired) electrons. The van der Waals surface area contributed by atoms with Crippen LogP contribution in [0.2, 0.25) is 0 Å². The number of aromatic nitrogens is 3. The highest BCUT2D eigenvalue weighted by Gasteiger charge is 2.23. The molecule has 1 aliphatic rings. The van der Waals surface area contributed by atoms with Crippen LogP contribution in [0.3, 0.4) is 0 Å². The zero-order valence-corrected chi connectivity index (χ0v) is 11.9. The first-order chi connectivity index (χ1) is 10.1. The Morgan fingerprint density at radius 2 is 2.14 bits per heavy atom. The highest BCUT2D eigenvalue weighted by Crippen LogP contribution is 2.13. The molecule has 0 aliphatic carbocycles. The molecule has 2 heterocycles. The maximum absolute atomic E-state index is 12.0. The monoisotopic (exact) mass is 295 g/mol. The third kappa shape index (κ3) is 5.05. The van der Waals surface area contributed by atoms with E-state index >= 15 is 0 Å². The number of carbonyl (C=O) groups excluding carboxylic acids is 1. The van der Waals surface area contributed by atoms with Crippen molar-refractivity contribution < 1.29 is 14.7 Å². The molecule has 0 unspecified atom stereocenters. The van der Waals surface area contributed by atoms with Crippen molar-refractivity contribution >= 4 is 12.0 Å². The van der Waals surface area contributed by atoms with Crippen LogP contribution in [0.4, 0.5) is 4.79 Å². The lowest BCUT2D eigenvalue weighted by Gasteiger charge is -2.31. The molecule has 1 fully saturated rings. The minimum Gasteiger partial charge on any atom is -0.465 e. The number of rotatable bonds is 6. The number of unbranched alkanes of at least 4 members (excludes halogenated alkanes) is 1. The van der Waals surface area contributed by atoms with Crippen molar-refractivity contribution in [3.63, 3.8) is 0 Å². The topological polar surface area (TPSA) is 111 Å². The third-order valence-corrected chi connectivity index (χ3v) is 3.71. The molecule has 1 aromatic rings. The normalized spacial score (nSPS) is 15.9. The summed E-state index contributed by atoms with van der Waals surface area (Å²) in [5.41, 5.74) is 0.919. The van der Waals surface area contributed by atoms with Crippen molar-refractivity contribution in [2.24, 2.45) is 0 Å². The molecular formula is C13H21N5O3. The fraction of sp³-hybridized carbons (Fsp3) is 0.692. The summed E-state index contributed by atoms with van der Waals surface area (Å²) in [4.78, 5) is 24.4. The summed E-state index contributed by atoms with van der Waals surface area (Å²) < 4.78 is 0. The van der Waals surface area contributed by atoms with Crippen molar-refractivity contribution in [3.05, 3.63) is 11.9 Å². The van der Waals surface area contributed by atoms with Crippen LogP contribution in [-0.2, 0) is 11.2 Å². The number of aromatic amines is 1. The number of likely N-dealkylation sites (tertiary alicyclic amines) is 1. The van der Waals surface area contributed by atoms with Gasteiger partial charge in [0, 0.05) is 25.6 Å². The minimum absolute atomic E-state index is 0.0290. The Bertz CT molecular complexity index is 454. The summed E-state index contributed by atoms with van der Waals surface area (Å²) in [6.07, 6.45) is 5.20. The number of nitrogens with one attached hydrogen (secondary N) is 2. The Balaban J connectivity index is 1.60. The van der Waals surface area contributed by atoms with Crippen LogP contribution in [0.15, 0.2) is 6.20 Å². The van der Waals surface area contributed by atoms with Crippen LogP contribution in [0.5, 0.6) is 0 Å². The zero-order valence-electron chi connectivity index (χ0n) is 11.9. The van der Waals surface area contributed by atoms with Crippen LogP contribution in [-0.4, -0.2) is 56.5 Å². The molecule has 0 saturated carbocycles. The molecular weight excluding hydrogens is 274 g/mol. The second-order valence-corrected chi connectivity index (χ2v) is 5.27. The largest absolute Gasteiger partial charge is 0.465 e. The van der Waals surface area contributed by atoms with Gasteiger partial charge in [-0.25, -0.2) is 4.79 Å². The van der Waals surface area contributed by atoms with Crippen molar-refractivity contribution in [1.82, 2.24) is 25.6 Å². The van der Waals surface area contributed by atoms with Gasteiger partial charge in [0.05, 0.1) is 11.9 Å². The molecule has 21 heavy (non-hydrogen) atoms.